The monoisotopic (exact) mass is 712 g/mol. The number of para-hydroxylation sites is 1. The number of halogens is 1. The van der Waals surface area contributed by atoms with E-state index < -0.39 is 0 Å². The number of benzene rings is 2. The zero-order valence-corrected chi connectivity index (χ0v) is 28.1. The fourth-order valence-electron chi connectivity index (χ4n) is 5.93. The van der Waals surface area contributed by atoms with E-state index in [9.17, 15) is 4.79 Å². The van der Waals surface area contributed by atoms with E-state index >= 15 is 0 Å². The standard InChI is InChI=1S/C33H48N2O7.HI/c1-37-29-12-8-7-11-26(29)21-35(18-17-34)33(36)42-28-15-13-27(14-16-28)40-23-25-19-30(38-2)32(31(20-25)39-3)41-22-24-9-5-4-6-10-24;/h7-8,11-12,19-20,24,27-28H,4-6,9-10,13-18,21-23,34H2,1-3H3;1H. The van der Waals surface area contributed by atoms with Crippen molar-refractivity contribution in [3.63, 3.8) is 0 Å². The predicted octanol–water partition coefficient (Wildman–Crippen LogP) is 2.38. The van der Waals surface area contributed by atoms with Gasteiger partial charge in [-0.15, -0.1) is 0 Å². The lowest BCUT2D eigenvalue weighted by Crippen LogP contribution is -3.00. The minimum Gasteiger partial charge on any atom is -1.00 e. The molecular weight excluding hydrogens is 663 g/mol. The molecule has 2 fully saturated rings. The van der Waals surface area contributed by atoms with Crippen LogP contribution >= 0.6 is 0 Å². The summed E-state index contributed by atoms with van der Waals surface area (Å²) in [6.07, 6.45) is 9.19. The average Bonchev–Trinajstić information content (AvgIpc) is 3.03. The highest BCUT2D eigenvalue weighted by molar-refractivity contribution is 5.68. The number of ether oxygens (including phenoxy) is 6. The highest BCUT2D eigenvalue weighted by Gasteiger charge is 2.27. The summed E-state index contributed by atoms with van der Waals surface area (Å²) in [5.74, 6) is 3.34. The minimum atomic E-state index is -0.307. The molecular formula is C33H49IN2O7. The van der Waals surface area contributed by atoms with Crippen LogP contribution in [0.3, 0.4) is 0 Å². The van der Waals surface area contributed by atoms with Crippen LogP contribution in [-0.2, 0) is 22.6 Å². The maximum atomic E-state index is 13.1. The van der Waals surface area contributed by atoms with Gasteiger partial charge >= 0.3 is 6.09 Å². The Hall–Kier alpha value is -2.44. The third-order valence-corrected chi connectivity index (χ3v) is 8.32. The maximum absolute atomic E-state index is 13.1. The van der Waals surface area contributed by atoms with Crippen molar-refractivity contribution in [1.29, 1.82) is 0 Å². The van der Waals surface area contributed by atoms with Crippen molar-refractivity contribution in [2.45, 2.75) is 83.1 Å². The molecule has 240 valence electrons. The lowest BCUT2D eigenvalue weighted by Gasteiger charge is -2.30. The Kier molecular flexibility index (Phi) is 15.0. The largest absolute Gasteiger partial charge is 1.00 e. The second kappa shape index (κ2) is 18.4. The molecule has 2 saturated carbocycles. The Morgan fingerprint density at radius 2 is 1.49 bits per heavy atom. The molecule has 3 N–H and O–H groups in total. The van der Waals surface area contributed by atoms with Crippen molar-refractivity contribution in [2.24, 2.45) is 5.92 Å². The molecule has 1 amide bonds. The smallest absolute Gasteiger partial charge is 0.410 e. The molecule has 2 aromatic rings. The molecule has 0 radical (unpaired) electrons. The summed E-state index contributed by atoms with van der Waals surface area (Å²) < 4.78 is 35.2. The summed E-state index contributed by atoms with van der Waals surface area (Å²) in [6.45, 7) is 2.68. The van der Waals surface area contributed by atoms with E-state index in [2.05, 4.69) is 5.73 Å². The molecule has 0 unspecified atom stereocenters. The third kappa shape index (κ3) is 10.3. The number of amides is 1. The third-order valence-electron chi connectivity index (χ3n) is 8.32. The number of quaternary nitrogens is 1. The van der Waals surface area contributed by atoms with Gasteiger partial charge in [0.05, 0.1) is 60.3 Å². The number of carbonyl (C=O) groups is 1. The van der Waals surface area contributed by atoms with Crippen LogP contribution in [0.2, 0.25) is 0 Å². The minimum absolute atomic E-state index is 0. The SMILES string of the molecule is COc1ccccc1CN(CC[NH3+])C(=O)OC1CCC(OCc2cc(OC)c(OCC3CCCCC3)c(OC)c2)CC1.[I-]. The number of nitrogens with zero attached hydrogens (tertiary/aromatic N) is 1. The van der Waals surface area contributed by atoms with Crippen molar-refractivity contribution in [2.75, 3.05) is 41.0 Å². The Morgan fingerprint density at radius 1 is 0.860 bits per heavy atom. The number of hydrogen-bond acceptors (Lipinski definition) is 7. The highest BCUT2D eigenvalue weighted by Crippen LogP contribution is 2.40. The van der Waals surface area contributed by atoms with E-state index in [1.54, 1.807) is 26.2 Å². The van der Waals surface area contributed by atoms with Gasteiger partial charge < -0.3 is 58.1 Å². The van der Waals surface area contributed by atoms with Crippen LogP contribution in [-0.4, -0.2) is 64.2 Å². The van der Waals surface area contributed by atoms with Crippen LogP contribution in [0.1, 0.15) is 68.9 Å². The van der Waals surface area contributed by atoms with E-state index in [0.29, 0.717) is 56.0 Å². The van der Waals surface area contributed by atoms with Gasteiger partial charge in [0.2, 0.25) is 5.75 Å². The molecule has 2 aliphatic carbocycles. The quantitative estimate of drug-likeness (QED) is 0.301. The summed E-state index contributed by atoms with van der Waals surface area (Å²) in [5, 5.41) is 0. The predicted molar refractivity (Wildman–Crippen MR) is 160 cm³/mol. The molecule has 0 bridgehead atoms. The van der Waals surface area contributed by atoms with E-state index in [4.69, 9.17) is 28.4 Å². The first-order chi connectivity index (χ1) is 20.5. The lowest BCUT2D eigenvalue weighted by atomic mass is 9.90. The topological polar surface area (TPSA) is 103 Å². The summed E-state index contributed by atoms with van der Waals surface area (Å²) >= 11 is 0. The summed E-state index contributed by atoms with van der Waals surface area (Å²) in [5.41, 5.74) is 5.85. The van der Waals surface area contributed by atoms with Crippen molar-refractivity contribution in [1.82, 2.24) is 4.90 Å². The van der Waals surface area contributed by atoms with E-state index in [-0.39, 0.29) is 42.3 Å². The van der Waals surface area contributed by atoms with Crippen LogP contribution in [0.5, 0.6) is 23.0 Å². The Bertz CT molecular complexity index is 1100. The van der Waals surface area contributed by atoms with Crippen molar-refractivity contribution in [3.8, 4) is 23.0 Å². The van der Waals surface area contributed by atoms with Crippen LogP contribution < -0.4 is 48.7 Å². The van der Waals surface area contributed by atoms with Gasteiger partial charge in [0, 0.05) is 5.56 Å². The molecule has 0 spiro atoms. The maximum Gasteiger partial charge on any atom is 0.410 e. The molecule has 2 aromatic carbocycles. The normalized spacial score (nSPS) is 18.7. The van der Waals surface area contributed by atoms with Crippen LogP contribution in [0.4, 0.5) is 4.79 Å². The first-order valence-electron chi connectivity index (χ1n) is 15.4. The van der Waals surface area contributed by atoms with Crippen molar-refractivity contribution in [3.05, 3.63) is 47.5 Å². The molecule has 0 atom stereocenters. The van der Waals surface area contributed by atoms with Gasteiger partial charge in [-0.25, -0.2) is 4.79 Å². The zero-order valence-electron chi connectivity index (χ0n) is 26.0. The van der Waals surface area contributed by atoms with Gasteiger partial charge in [-0.3, -0.25) is 4.90 Å². The molecule has 9 nitrogen and oxygen atoms in total. The van der Waals surface area contributed by atoms with E-state index in [1.165, 1.54) is 32.1 Å². The second-order valence-corrected chi connectivity index (χ2v) is 11.3. The molecule has 4 rings (SSSR count). The summed E-state index contributed by atoms with van der Waals surface area (Å²) in [7, 11) is 4.95. The molecule has 0 aliphatic heterocycles. The fourth-order valence-corrected chi connectivity index (χ4v) is 5.93. The zero-order chi connectivity index (χ0) is 29.7. The van der Waals surface area contributed by atoms with Crippen molar-refractivity contribution >= 4 is 6.09 Å². The molecule has 0 aromatic heterocycles. The number of methoxy groups -OCH3 is 3. The van der Waals surface area contributed by atoms with Crippen LogP contribution in [0, 0.1) is 5.92 Å². The Morgan fingerprint density at radius 3 is 2.12 bits per heavy atom. The van der Waals surface area contributed by atoms with Gasteiger partial charge in [-0.05, 0) is 68.2 Å². The fraction of sp³-hybridized carbons (Fsp3) is 0.606. The van der Waals surface area contributed by atoms with Gasteiger partial charge in [-0.2, -0.15) is 0 Å². The average molecular weight is 713 g/mol. The Labute approximate surface area is 273 Å². The molecule has 0 saturated heterocycles. The number of rotatable bonds is 14. The van der Waals surface area contributed by atoms with E-state index in [0.717, 1.165) is 42.6 Å². The van der Waals surface area contributed by atoms with Crippen molar-refractivity contribution < 1.29 is 62.9 Å². The van der Waals surface area contributed by atoms with Gasteiger partial charge in [0.15, 0.2) is 11.5 Å². The molecule has 43 heavy (non-hydrogen) atoms. The highest BCUT2D eigenvalue weighted by atomic mass is 127. The van der Waals surface area contributed by atoms with Gasteiger partial charge in [-0.1, -0.05) is 37.5 Å². The first kappa shape index (κ1) is 35.0. The van der Waals surface area contributed by atoms with E-state index in [1.807, 2.05) is 36.4 Å². The van der Waals surface area contributed by atoms with Gasteiger partial charge in [0.1, 0.15) is 11.9 Å². The molecule has 10 heteroatoms. The molecule has 0 heterocycles. The van der Waals surface area contributed by atoms with Crippen LogP contribution in [0.15, 0.2) is 36.4 Å². The van der Waals surface area contributed by atoms with Gasteiger partial charge in [0.25, 0.3) is 0 Å². The number of hydrogen-bond donors (Lipinski definition) is 1. The Balaban J connectivity index is 0.00000506. The number of carbonyl (C=O) groups excluding carboxylic acids is 1. The first-order valence-corrected chi connectivity index (χ1v) is 15.4. The summed E-state index contributed by atoms with van der Waals surface area (Å²) in [6, 6.07) is 11.7. The van der Waals surface area contributed by atoms with Crippen LogP contribution in [0.25, 0.3) is 0 Å². The summed E-state index contributed by atoms with van der Waals surface area (Å²) in [4.78, 5) is 14.8. The molecule has 2 aliphatic rings. The lowest BCUT2D eigenvalue weighted by molar-refractivity contribution is -0.368. The second-order valence-electron chi connectivity index (χ2n) is 11.3.